The molecular weight excluding hydrogens is 552 g/mol. The van der Waals surface area contributed by atoms with Gasteiger partial charge in [-0.1, -0.05) is 56.6 Å². The Kier molecular flexibility index (Phi) is 8.86. The van der Waals surface area contributed by atoms with Crippen LogP contribution < -0.4 is 10.6 Å². The molecule has 4 rings (SSSR count). The van der Waals surface area contributed by atoms with Crippen LogP contribution in [0.2, 0.25) is 5.15 Å². The minimum atomic E-state index is -0.988. The average Bonchev–Trinajstić information content (AvgIpc) is 3.52. The zero-order valence-electron chi connectivity index (χ0n) is 23.0. The molecule has 0 aliphatic carbocycles. The highest BCUT2D eigenvalue weighted by molar-refractivity contribution is 7.13. The van der Waals surface area contributed by atoms with Crippen LogP contribution in [0, 0.1) is 12.3 Å². The van der Waals surface area contributed by atoms with Crippen LogP contribution in [0.5, 0.6) is 0 Å². The van der Waals surface area contributed by atoms with Crippen molar-refractivity contribution in [3.8, 4) is 10.4 Å². The first kappa shape index (κ1) is 29.6. The number of β-amino-alcohol motifs (C(OH)–C–C–N with tert-alkyl or cyclic N) is 1. The molecule has 0 spiro atoms. The minimum Gasteiger partial charge on any atom is -0.391 e. The zero-order chi connectivity index (χ0) is 29.2. The molecule has 1 aliphatic rings. The predicted octanol–water partition coefficient (Wildman–Crippen LogP) is 3.55. The highest BCUT2D eigenvalue weighted by Gasteiger charge is 2.44. The molecular formula is C28H33ClN6O4S. The second kappa shape index (κ2) is 12.0. The van der Waals surface area contributed by atoms with Gasteiger partial charge in [0.2, 0.25) is 11.8 Å². The van der Waals surface area contributed by atoms with Crippen LogP contribution in [0.3, 0.4) is 0 Å². The number of aliphatic hydroxyl groups excluding tert-OH is 1. The van der Waals surface area contributed by atoms with Crippen LogP contribution in [0.25, 0.3) is 10.4 Å². The van der Waals surface area contributed by atoms with E-state index in [-0.39, 0.29) is 35.8 Å². The molecule has 1 aliphatic heterocycles. The maximum absolute atomic E-state index is 13.8. The molecule has 2 aromatic heterocycles. The number of nitrogens with one attached hydrogen (secondary N) is 2. The summed E-state index contributed by atoms with van der Waals surface area (Å²) in [6.07, 6.45) is 1.71. The number of amides is 3. The highest BCUT2D eigenvalue weighted by atomic mass is 35.5. The number of aliphatic hydroxyl groups is 1. The van der Waals surface area contributed by atoms with Gasteiger partial charge in [-0.05, 0) is 30.4 Å². The molecule has 12 heteroatoms. The Balaban J connectivity index is 1.47. The molecule has 3 N–H and O–H groups in total. The Morgan fingerprint density at radius 1 is 1.10 bits per heavy atom. The highest BCUT2D eigenvalue weighted by Crippen LogP contribution is 2.29. The molecule has 1 fully saturated rings. The molecule has 3 aromatic rings. The Labute approximate surface area is 242 Å². The number of carbonyl (C=O) groups excluding carboxylic acids is 3. The first-order valence-corrected chi connectivity index (χ1v) is 14.2. The fourth-order valence-corrected chi connectivity index (χ4v) is 5.56. The summed E-state index contributed by atoms with van der Waals surface area (Å²) in [4.78, 5) is 54.6. The number of rotatable bonds is 7. The number of nitrogens with zero attached hydrogens (tertiary/aromatic N) is 4. The lowest BCUT2D eigenvalue weighted by Gasteiger charge is -2.35. The maximum Gasteiger partial charge on any atom is 0.272 e. The van der Waals surface area contributed by atoms with Gasteiger partial charge in [-0.15, -0.1) is 11.3 Å². The molecule has 1 saturated heterocycles. The average molecular weight is 585 g/mol. The van der Waals surface area contributed by atoms with Crippen molar-refractivity contribution in [2.45, 2.75) is 65.3 Å². The molecule has 40 heavy (non-hydrogen) atoms. The lowest BCUT2D eigenvalue weighted by atomic mass is 9.85. The number of hydrogen-bond donors (Lipinski definition) is 3. The molecule has 212 valence electrons. The summed E-state index contributed by atoms with van der Waals surface area (Å²) in [6, 6.07) is 5.69. The Morgan fingerprint density at radius 3 is 2.38 bits per heavy atom. The van der Waals surface area contributed by atoms with E-state index in [4.69, 9.17) is 11.6 Å². The second-order valence-corrected chi connectivity index (χ2v) is 12.3. The number of thiazole rings is 1. The standard InChI is InChI=1S/C28H33ClN6O4S/c1-15(17-6-8-18(9-7-17)23-16(2)32-14-40-23)33-26(38)21-10-19(36)13-35(21)27(39)24(28(3,4)5)34-25(37)20-11-31-22(29)12-30-20/h6-9,11-12,14-15,19,21,24,36H,10,13H2,1-5H3,(H,33,38)(H,34,37)/t15?,19-,21+,24?/m1/s1. The van der Waals surface area contributed by atoms with E-state index in [1.807, 2.05) is 64.4 Å². The van der Waals surface area contributed by atoms with E-state index in [9.17, 15) is 19.5 Å². The Bertz CT molecular complexity index is 1370. The molecule has 10 nitrogen and oxygen atoms in total. The third kappa shape index (κ3) is 6.65. The van der Waals surface area contributed by atoms with Crippen molar-refractivity contribution in [1.82, 2.24) is 30.5 Å². The van der Waals surface area contributed by atoms with Gasteiger partial charge in [0, 0.05) is 13.0 Å². The van der Waals surface area contributed by atoms with Crippen molar-refractivity contribution in [2.24, 2.45) is 5.41 Å². The first-order valence-electron chi connectivity index (χ1n) is 12.9. The van der Waals surface area contributed by atoms with Crippen molar-refractivity contribution in [2.75, 3.05) is 6.54 Å². The summed E-state index contributed by atoms with van der Waals surface area (Å²) in [5.41, 5.74) is 4.04. The van der Waals surface area contributed by atoms with E-state index in [0.29, 0.717) is 0 Å². The predicted molar refractivity (Wildman–Crippen MR) is 153 cm³/mol. The summed E-state index contributed by atoms with van der Waals surface area (Å²) in [7, 11) is 0. The topological polar surface area (TPSA) is 137 Å². The van der Waals surface area contributed by atoms with Crippen LogP contribution in [0.4, 0.5) is 0 Å². The third-order valence-electron chi connectivity index (χ3n) is 6.88. The van der Waals surface area contributed by atoms with Crippen molar-refractivity contribution < 1.29 is 19.5 Å². The Hall–Kier alpha value is -3.41. The van der Waals surface area contributed by atoms with Crippen molar-refractivity contribution in [3.05, 3.63) is 64.3 Å². The van der Waals surface area contributed by atoms with Crippen molar-refractivity contribution >= 4 is 40.7 Å². The summed E-state index contributed by atoms with van der Waals surface area (Å²) in [5.74, 6) is -1.43. The second-order valence-electron chi connectivity index (χ2n) is 11.0. The van der Waals surface area contributed by atoms with Crippen LogP contribution in [-0.4, -0.2) is 67.4 Å². The normalized spacial score (nSPS) is 18.7. The van der Waals surface area contributed by atoms with E-state index in [0.717, 1.165) is 21.7 Å². The van der Waals surface area contributed by atoms with E-state index < -0.39 is 35.4 Å². The lowest BCUT2D eigenvalue weighted by molar-refractivity contribution is -0.142. The van der Waals surface area contributed by atoms with Gasteiger partial charge in [0.1, 0.15) is 22.9 Å². The van der Waals surface area contributed by atoms with Gasteiger partial charge in [-0.3, -0.25) is 14.4 Å². The van der Waals surface area contributed by atoms with Gasteiger partial charge < -0.3 is 20.6 Å². The zero-order valence-corrected chi connectivity index (χ0v) is 24.6. The summed E-state index contributed by atoms with van der Waals surface area (Å²) >= 11 is 7.34. The number of likely N-dealkylation sites (tertiary alicyclic amines) is 1. The van der Waals surface area contributed by atoms with Crippen molar-refractivity contribution in [1.29, 1.82) is 0 Å². The number of carbonyl (C=O) groups is 3. The van der Waals surface area contributed by atoms with Gasteiger partial charge in [0.15, 0.2) is 0 Å². The van der Waals surface area contributed by atoms with E-state index in [1.165, 1.54) is 17.3 Å². The van der Waals surface area contributed by atoms with Gasteiger partial charge in [0.25, 0.3) is 5.91 Å². The molecule has 3 heterocycles. The molecule has 4 atom stereocenters. The number of halogens is 1. The van der Waals surface area contributed by atoms with E-state index in [2.05, 4.69) is 25.6 Å². The minimum absolute atomic E-state index is 0.00699. The Morgan fingerprint density at radius 2 is 1.80 bits per heavy atom. The van der Waals surface area contributed by atoms with Gasteiger partial charge in [-0.2, -0.15) is 0 Å². The monoisotopic (exact) mass is 584 g/mol. The largest absolute Gasteiger partial charge is 0.391 e. The van der Waals surface area contributed by atoms with E-state index >= 15 is 0 Å². The van der Waals surface area contributed by atoms with Gasteiger partial charge in [-0.25, -0.2) is 15.0 Å². The molecule has 1 aromatic carbocycles. The number of aryl methyl sites for hydroxylation is 1. The van der Waals surface area contributed by atoms with E-state index in [1.54, 1.807) is 11.3 Å². The quantitative estimate of drug-likeness (QED) is 0.386. The van der Waals surface area contributed by atoms with Crippen LogP contribution in [-0.2, 0) is 9.59 Å². The lowest BCUT2D eigenvalue weighted by Crippen LogP contribution is -2.58. The molecule has 3 amide bonds. The molecule has 0 saturated carbocycles. The van der Waals surface area contributed by atoms with Crippen LogP contribution in [0.1, 0.15) is 61.9 Å². The number of hydrogen-bond acceptors (Lipinski definition) is 8. The molecule has 0 bridgehead atoms. The van der Waals surface area contributed by atoms with Crippen LogP contribution in [0.15, 0.2) is 42.2 Å². The number of benzene rings is 1. The summed E-state index contributed by atoms with van der Waals surface area (Å²) < 4.78 is 0. The van der Waals surface area contributed by atoms with Crippen LogP contribution >= 0.6 is 22.9 Å². The fraction of sp³-hybridized carbons (Fsp3) is 0.429. The third-order valence-corrected chi connectivity index (χ3v) is 8.06. The molecule has 2 unspecified atom stereocenters. The van der Waals surface area contributed by atoms with Crippen molar-refractivity contribution in [3.63, 3.8) is 0 Å². The summed E-state index contributed by atoms with van der Waals surface area (Å²) in [5, 5.41) is 16.3. The smallest absolute Gasteiger partial charge is 0.272 e. The fourth-order valence-electron chi connectivity index (χ4n) is 4.65. The SMILES string of the molecule is Cc1ncsc1-c1ccc(C(C)NC(=O)[C@@H]2C[C@@H](O)CN2C(=O)C(NC(=O)c2cnc(Cl)cn2)C(C)(C)C)cc1. The van der Waals surface area contributed by atoms with Gasteiger partial charge in [0.05, 0.1) is 40.6 Å². The van der Waals surface area contributed by atoms with Gasteiger partial charge >= 0.3 is 0 Å². The molecule has 0 radical (unpaired) electrons. The first-order chi connectivity index (χ1) is 18.8. The summed E-state index contributed by atoms with van der Waals surface area (Å²) in [6.45, 7) is 9.25. The number of aromatic nitrogens is 3. The maximum atomic E-state index is 13.8.